The van der Waals surface area contributed by atoms with Crippen LogP contribution in [-0.2, 0) is 9.53 Å². The molecular weight excluding hydrogens is 250 g/mol. The second-order valence-electron chi connectivity index (χ2n) is 5.83. The van der Waals surface area contributed by atoms with E-state index in [1.54, 1.807) is 19.0 Å². The van der Waals surface area contributed by atoms with Crippen molar-refractivity contribution in [1.29, 1.82) is 0 Å². The Balaban J connectivity index is 3.04. The van der Waals surface area contributed by atoms with Crippen LogP contribution in [-0.4, -0.2) is 38.1 Å². The highest BCUT2D eigenvalue weighted by atomic mass is 16.5. The van der Waals surface area contributed by atoms with Crippen LogP contribution in [0.5, 0.6) is 0 Å². The van der Waals surface area contributed by atoms with E-state index in [1.807, 2.05) is 0 Å². The Kier molecular flexibility index (Phi) is 14.4. The molecule has 120 valence electrons. The van der Waals surface area contributed by atoms with Crippen LogP contribution in [0.1, 0.15) is 77.6 Å². The third-order valence-corrected chi connectivity index (χ3v) is 3.60. The summed E-state index contributed by atoms with van der Waals surface area (Å²) in [6.07, 6.45) is 13.9. The van der Waals surface area contributed by atoms with E-state index in [0.29, 0.717) is 13.0 Å². The topological polar surface area (TPSA) is 29.5 Å². The van der Waals surface area contributed by atoms with Gasteiger partial charge >= 0.3 is 0 Å². The minimum atomic E-state index is 0.146. The Morgan fingerprint density at radius 3 is 1.80 bits per heavy atom. The van der Waals surface area contributed by atoms with Crippen molar-refractivity contribution in [3.63, 3.8) is 0 Å². The second kappa shape index (κ2) is 14.8. The molecule has 3 heteroatoms. The van der Waals surface area contributed by atoms with Gasteiger partial charge in [0.2, 0.25) is 5.91 Å². The normalized spacial score (nSPS) is 10.8. The monoisotopic (exact) mass is 285 g/mol. The molecule has 0 heterocycles. The summed E-state index contributed by atoms with van der Waals surface area (Å²) in [6.45, 7) is 3.63. The minimum Gasteiger partial charge on any atom is -0.381 e. The van der Waals surface area contributed by atoms with Gasteiger partial charge in [-0.15, -0.1) is 0 Å². The predicted octanol–water partition coefficient (Wildman–Crippen LogP) is 4.40. The molecule has 0 radical (unpaired) electrons. The third kappa shape index (κ3) is 13.9. The zero-order valence-corrected chi connectivity index (χ0v) is 14.0. The highest BCUT2D eigenvalue weighted by molar-refractivity contribution is 5.75. The lowest BCUT2D eigenvalue weighted by Gasteiger charge is -2.10. The van der Waals surface area contributed by atoms with Crippen molar-refractivity contribution in [3.05, 3.63) is 0 Å². The number of hydrogen-bond acceptors (Lipinski definition) is 2. The van der Waals surface area contributed by atoms with E-state index < -0.39 is 0 Å². The van der Waals surface area contributed by atoms with E-state index in [9.17, 15) is 4.79 Å². The molecular formula is C17H35NO2. The first-order chi connectivity index (χ1) is 9.68. The lowest BCUT2D eigenvalue weighted by atomic mass is 10.1. The molecule has 1 amide bonds. The summed E-state index contributed by atoms with van der Waals surface area (Å²) in [5.74, 6) is 0.146. The Morgan fingerprint density at radius 2 is 1.30 bits per heavy atom. The molecule has 0 atom stereocenters. The van der Waals surface area contributed by atoms with Crippen molar-refractivity contribution in [2.75, 3.05) is 27.3 Å². The van der Waals surface area contributed by atoms with Crippen LogP contribution < -0.4 is 0 Å². The molecule has 0 aromatic rings. The van der Waals surface area contributed by atoms with Crippen molar-refractivity contribution in [3.8, 4) is 0 Å². The van der Waals surface area contributed by atoms with Gasteiger partial charge in [-0.1, -0.05) is 64.7 Å². The van der Waals surface area contributed by atoms with Crippen LogP contribution in [0.4, 0.5) is 0 Å². The SMILES string of the molecule is CCCCCCCCCCCCOCCC(=O)N(C)C. The number of hydrogen-bond donors (Lipinski definition) is 0. The first-order valence-corrected chi connectivity index (χ1v) is 8.46. The minimum absolute atomic E-state index is 0.146. The maximum Gasteiger partial charge on any atom is 0.224 e. The predicted molar refractivity (Wildman–Crippen MR) is 86.0 cm³/mol. The van der Waals surface area contributed by atoms with Crippen LogP contribution in [0.15, 0.2) is 0 Å². The van der Waals surface area contributed by atoms with Crippen LogP contribution in [0.2, 0.25) is 0 Å². The standard InChI is InChI=1S/C17H35NO2/c1-4-5-6-7-8-9-10-11-12-13-15-20-16-14-17(19)18(2)3/h4-16H2,1-3H3. The molecule has 0 aliphatic rings. The average Bonchev–Trinajstić information content (AvgIpc) is 2.43. The first-order valence-electron chi connectivity index (χ1n) is 8.46. The zero-order chi connectivity index (χ0) is 15.1. The fraction of sp³-hybridized carbons (Fsp3) is 0.941. The largest absolute Gasteiger partial charge is 0.381 e. The van der Waals surface area contributed by atoms with Gasteiger partial charge in [0, 0.05) is 20.7 Å². The highest BCUT2D eigenvalue weighted by Crippen LogP contribution is 2.10. The van der Waals surface area contributed by atoms with Gasteiger partial charge in [0.05, 0.1) is 13.0 Å². The number of carbonyl (C=O) groups is 1. The first kappa shape index (κ1) is 19.4. The van der Waals surface area contributed by atoms with Crippen molar-refractivity contribution in [1.82, 2.24) is 4.90 Å². The quantitative estimate of drug-likeness (QED) is 0.443. The Morgan fingerprint density at radius 1 is 0.800 bits per heavy atom. The van der Waals surface area contributed by atoms with E-state index in [-0.39, 0.29) is 5.91 Å². The lowest BCUT2D eigenvalue weighted by molar-refractivity contribution is -0.129. The van der Waals surface area contributed by atoms with Gasteiger partial charge in [-0.05, 0) is 6.42 Å². The second-order valence-corrected chi connectivity index (χ2v) is 5.83. The van der Waals surface area contributed by atoms with E-state index >= 15 is 0 Å². The summed E-state index contributed by atoms with van der Waals surface area (Å²) in [4.78, 5) is 12.9. The lowest BCUT2D eigenvalue weighted by Crippen LogP contribution is -2.22. The molecule has 3 nitrogen and oxygen atoms in total. The summed E-state index contributed by atoms with van der Waals surface area (Å²) in [5, 5.41) is 0. The van der Waals surface area contributed by atoms with E-state index in [1.165, 1.54) is 57.8 Å². The summed E-state index contributed by atoms with van der Waals surface area (Å²) in [7, 11) is 3.56. The van der Waals surface area contributed by atoms with E-state index in [0.717, 1.165) is 13.0 Å². The maximum absolute atomic E-state index is 11.3. The number of rotatable bonds is 14. The van der Waals surface area contributed by atoms with Crippen LogP contribution in [0.3, 0.4) is 0 Å². The molecule has 0 aromatic carbocycles. The Hall–Kier alpha value is -0.570. The van der Waals surface area contributed by atoms with Gasteiger partial charge in [0.15, 0.2) is 0 Å². The molecule has 0 aliphatic carbocycles. The number of carbonyl (C=O) groups excluding carboxylic acids is 1. The Labute approximate surface area is 126 Å². The third-order valence-electron chi connectivity index (χ3n) is 3.60. The van der Waals surface area contributed by atoms with Crippen molar-refractivity contribution < 1.29 is 9.53 Å². The molecule has 0 bridgehead atoms. The summed E-state index contributed by atoms with van der Waals surface area (Å²) < 4.78 is 5.48. The molecule has 0 rings (SSSR count). The van der Waals surface area contributed by atoms with Gasteiger partial charge in [0.1, 0.15) is 0 Å². The molecule has 0 saturated heterocycles. The summed E-state index contributed by atoms with van der Waals surface area (Å²) >= 11 is 0. The molecule has 0 aliphatic heterocycles. The maximum atomic E-state index is 11.3. The van der Waals surface area contributed by atoms with Crippen LogP contribution in [0, 0.1) is 0 Å². The van der Waals surface area contributed by atoms with Crippen LogP contribution >= 0.6 is 0 Å². The number of nitrogens with zero attached hydrogens (tertiary/aromatic N) is 1. The van der Waals surface area contributed by atoms with Gasteiger partial charge < -0.3 is 9.64 Å². The zero-order valence-electron chi connectivity index (χ0n) is 14.0. The van der Waals surface area contributed by atoms with Crippen LogP contribution in [0.25, 0.3) is 0 Å². The fourth-order valence-corrected chi connectivity index (χ4v) is 2.18. The molecule has 0 spiro atoms. The van der Waals surface area contributed by atoms with E-state index in [2.05, 4.69) is 6.92 Å². The average molecular weight is 285 g/mol. The molecule has 0 saturated carbocycles. The fourth-order valence-electron chi connectivity index (χ4n) is 2.18. The molecule has 0 aromatic heterocycles. The summed E-state index contributed by atoms with van der Waals surface area (Å²) in [6, 6.07) is 0. The molecule has 20 heavy (non-hydrogen) atoms. The molecule has 0 fully saturated rings. The van der Waals surface area contributed by atoms with Gasteiger partial charge in [0.25, 0.3) is 0 Å². The van der Waals surface area contributed by atoms with E-state index in [4.69, 9.17) is 4.74 Å². The van der Waals surface area contributed by atoms with Crippen molar-refractivity contribution in [2.45, 2.75) is 77.6 Å². The van der Waals surface area contributed by atoms with Gasteiger partial charge in [-0.2, -0.15) is 0 Å². The molecule has 0 N–H and O–H groups in total. The van der Waals surface area contributed by atoms with Gasteiger partial charge in [-0.3, -0.25) is 4.79 Å². The summed E-state index contributed by atoms with van der Waals surface area (Å²) in [5.41, 5.74) is 0. The Bertz CT molecular complexity index is 217. The number of amides is 1. The van der Waals surface area contributed by atoms with Crippen molar-refractivity contribution in [2.24, 2.45) is 0 Å². The van der Waals surface area contributed by atoms with Gasteiger partial charge in [-0.25, -0.2) is 0 Å². The van der Waals surface area contributed by atoms with Crippen molar-refractivity contribution >= 4 is 5.91 Å². The number of ether oxygens (including phenoxy) is 1. The number of unbranched alkanes of at least 4 members (excludes halogenated alkanes) is 9. The highest BCUT2D eigenvalue weighted by Gasteiger charge is 2.02. The molecule has 0 unspecified atom stereocenters. The smallest absolute Gasteiger partial charge is 0.224 e.